The Kier molecular flexibility index (Phi) is 5.25. The summed E-state index contributed by atoms with van der Waals surface area (Å²) in [6, 6.07) is 14.3. The van der Waals surface area contributed by atoms with E-state index >= 15 is 0 Å². The molecule has 33 heavy (non-hydrogen) atoms. The predicted molar refractivity (Wildman–Crippen MR) is 133 cm³/mol. The fourth-order valence-electron chi connectivity index (χ4n) is 5.11. The monoisotopic (exact) mass is 496 g/mol. The number of hydrogen-bond acceptors (Lipinski definition) is 6. The highest BCUT2D eigenvalue weighted by atomic mass is 35.5. The number of nitrogens with zero attached hydrogens (tertiary/aromatic N) is 4. The molecule has 0 bridgehead atoms. The number of imidazole rings is 1. The Morgan fingerprint density at radius 2 is 1.88 bits per heavy atom. The summed E-state index contributed by atoms with van der Waals surface area (Å²) in [6.45, 7) is 1.81. The van der Waals surface area contributed by atoms with Crippen molar-refractivity contribution in [2.45, 2.75) is 35.2 Å². The molecule has 0 amide bonds. The number of anilines is 1. The van der Waals surface area contributed by atoms with E-state index in [1.165, 1.54) is 22.9 Å². The van der Waals surface area contributed by atoms with E-state index in [1.54, 1.807) is 12.3 Å². The highest BCUT2D eigenvalue weighted by Gasteiger charge is 2.46. The third kappa shape index (κ3) is 3.67. The van der Waals surface area contributed by atoms with E-state index in [0.29, 0.717) is 21.3 Å². The van der Waals surface area contributed by atoms with Crippen LogP contribution in [-0.2, 0) is 6.42 Å². The van der Waals surface area contributed by atoms with Gasteiger partial charge in [0, 0.05) is 24.0 Å². The van der Waals surface area contributed by atoms with Gasteiger partial charge < -0.3 is 15.6 Å². The Morgan fingerprint density at radius 1 is 1.06 bits per heavy atom. The maximum absolute atomic E-state index is 6.72. The molecular formula is C24H22Cl2N6S. The minimum atomic E-state index is 0.104. The fourth-order valence-corrected chi connectivity index (χ4v) is 6.40. The molecule has 2 aromatic heterocycles. The number of nitrogens with one attached hydrogen (secondary N) is 1. The van der Waals surface area contributed by atoms with Crippen molar-refractivity contribution in [2.75, 3.05) is 18.0 Å². The molecular weight excluding hydrogens is 475 g/mol. The lowest BCUT2D eigenvalue weighted by atomic mass is 9.73. The molecule has 0 radical (unpaired) electrons. The first-order valence-electron chi connectivity index (χ1n) is 11.0. The van der Waals surface area contributed by atoms with Gasteiger partial charge in [-0.25, -0.2) is 9.97 Å². The topological polar surface area (TPSA) is 83.7 Å². The number of benzene rings is 2. The van der Waals surface area contributed by atoms with Gasteiger partial charge in [0.2, 0.25) is 5.95 Å². The van der Waals surface area contributed by atoms with Crippen LogP contribution in [0.3, 0.4) is 0 Å². The average molecular weight is 497 g/mol. The summed E-state index contributed by atoms with van der Waals surface area (Å²) >= 11 is 13.9. The summed E-state index contributed by atoms with van der Waals surface area (Å²) in [4.78, 5) is 20.4. The number of nitrogens with two attached hydrogens (primary N) is 1. The Morgan fingerprint density at radius 3 is 2.70 bits per heavy atom. The van der Waals surface area contributed by atoms with Crippen LogP contribution in [0.1, 0.15) is 30.0 Å². The molecule has 0 unspecified atom stereocenters. The molecule has 9 heteroatoms. The van der Waals surface area contributed by atoms with E-state index < -0.39 is 0 Å². The van der Waals surface area contributed by atoms with Crippen LogP contribution in [0.2, 0.25) is 10.0 Å². The Labute approximate surface area is 205 Å². The van der Waals surface area contributed by atoms with Crippen molar-refractivity contribution in [2.24, 2.45) is 11.1 Å². The standard InChI is InChI=1S/C24H22Cl2N6S/c25-16-6-3-7-17(19(16)26)33-18-13-28-21-22(29-18)31-23(30-21)32-10-8-24(9-11-32)12-14-4-1-2-5-15(14)20(24)27/h1-7,13,20H,8-12,27H2,(H,28,29,30,31)/t20-/m1/s1. The van der Waals surface area contributed by atoms with Crippen LogP contribution in [-0.4, -0.2) is 33.0 Å². The van der Waals surface area contributed by atoms with Crippen LogP contribution in [0.25, 0.3) is 11.3 Å². The second-order valence-corrected chi connectivity index (χ2v) is 10.6. The Balaban J connectivity index is 1.19. The van der Waals surface area contributed by atoms with Crippen molar-refractivity contribution in [1.82, 2.24) is 19.9 Å². The Hall–Kier alpha value is -2.32. The third-order valence-corrected chi connectivity index (χ3v) is 8.85. The van der Waals surface area contributed by atoms with E-state index in [4.69, 9.17) is 38.9 Å². The maximum Gasteiger partial charge on any atom is 0.206 e. The lowest BCUT2D eigenvalue weighted by Crippen LogP contribution is -2.44. The van der Waals surface area contributed by atoms with Gasteiger partial charge in [-0.05, 0) is 47.9 Å². The first-order valence-corrected chi connectivity index (χ1v) is 12.5. The van der Waals surface area contributed by atoms with Gasteiger partial charge in [-0.3, -0.25) is 0 Å². The van der Waals surface area contributed by atoms with Gasteiger partial charge in [-0.15, -0.1) is 0 Å². The van der Waals surface area contributed by atoms with Crippen molar-refractivity contribution >= 4 is 52.2 Å². The number of piperidine rings is 1. The first-order chi connectivity index (χ1) is 16.0. The molecule has 3 heterocycles. The second-order valence-electron chi connectivity index (χ2n) is 8.80. The average Bonchev–Trinajstić information content (AvgIpc) is 3.37. The van der Waals surface area contributed by atoms with E-state index in [2.05, 4.69) is 39.1 Å². The number of hydrogen-bond donors (Lipinski definition) is 2. The van der Waals surface area contributed by atoms with E-state index in [0.717, 1.165) is 48.2 Å². The maximum atomic E-state index is 6.72. The first kappa shape index (κ1) is 21.2. The number of halogens is 2. The van der Waals surface area contributed by atoms with Crippen molar-refractivity contribution in [3.8, 4) is 0 Å². The molecule has 2 aromatic carbocycles. The minimum absolute atomic E-state index is 0.104. The zero-order valence-electron chi connectivity index (χ0n) is 17.8. The molecule has 1 fully saturated rings. The highest BCUT2D eigenvalue weighted by molar-refractivity contribution is 7.99. The van der Waals surface area contributed by atoms with Crippen LogP contribution in [0, 0.1) is 5.41 Å². The molecule has 168 valence electrons. The number of H-pyrrole nitrogens is 1. The molecule has 6 nitrogen and oxygen atoms in total. The van der Waals surface area contributed by atoms with Gasteiger partial charge in [-0.2, -0.15) is 4.98 Å². The normalized spacial score (nSPS) is 19.4. The van der Waals surface area contributed by atoms with Crippen LogP contribution in [0.15, 0.2) is 58.6 Å². The zero-order chi connectivity index (χ0) is 22.6. The van der Waals surface area contributed by atoms with Gasteiger partial charge in [-0.1, -0.05) is 65.3 Å². The summed E-state index contributed by atoms with van der Waals surface area (Å²) in [5, 5.41) is 1.77. The summed E-state index contributed by atoms with van der Waals surface area (Å²) in [5.41, 5.74) is 10.9. The molecule has 1 aliphatic heterocycles. The lowest BCUT2D eigenvalue weighted by molar-refractivity contribution is 0.187. The van der Waals surface area contributed by atoms with Gasteiger partial charge in [0.25, 0.3) is 0 Å². The largest absolute Gasteiger partial charge is 0.342 e. The molecule has 2 aliphatic rings. The number of aromatic nitrogens is 4. The minimum Gasteiger partial charge on any atom is -0.342 e. The van der Waals surface area contributed by atoms with Crippen LogP contribution < -0.4 is 10.6 Å². The van der Waals surface area contributed by atoms with Crippen molar-refractivity contribution < 1.29 is 0 Å². The van der Waals surface area contributed by atoms with Crippen LogP contribution >= 0.6 is 35.0 Å². The van der Waals surface area contributed by atoms with E-state index in [9.17, 15) is 0 Å². The molecule has 4 aromatic rings. The van der Waals surface area contributed by atoms with Gasteiger partial charge in [0.05, 0.1) is 16.2 Å². The number of aromatic amines is 1. The zero-order valence-corrected chi connectivity index (χ0v) is 20.1. The SMILES string of the molecule is N[C@@H]1c2ccccc2CC12CCN(c1nc3ncc(Sc4cccc(Cl)c4Cl)nc3[nH]1)CC2. The second kappa shape index (κ2) is 8.17. The summed E-state index contributed by atoms with van der Waals surface area (Å²) in [6.07, 6.45) is 4.85. The van der Waals surface area contributed by atoms with Crippen molar-refractivity contribution in [3.05, 3.63) is 69.8 Å². The summed E-state index contributed by atoms with van der Waals surface area (Å²) in [7, 11) is 0. The summed E-state index contributed by atoms with van der Waals surface area (Å²) < 4.78 is 0. The number of fused-ring (bicyclic) bond motifs is 2. The molecule has 3 N–H and O–H groups in total. The molecule has 1 spiro atoms. The van der Waals surface area contributed by atoms with Crippen LogP contribution in [0.5, 0.6) is 0 Å². The van der Waals surface area contributed by atoms with Crippen molar-refractivity contribution in [3.63, 3.8) is 0 Å². The van der Waals surface area contributed by atoms with Gasteiger partial charge in [0.15, 0.2) is 11.3 Å². The molecule has 1 atom stereocenters. The lowest BCUT2D eigenvalue weighted by Gasteiger charge is -2.42. The summed E-state index contributed by atoms with van der Waals surface area (Å²) in [5.74, 6) is 0.812. The fraction of sp³-hybridized carbons (Fsp3) is 0.292. The molecule has 0 saturated carbocycles. The Bertz CT molecular complexity index is 1350. The smallest absolute Gasteiger partial charge is 0.206 e. The van der Waals surface area contributed by atoms with E-state index in [-0.39, 0.29) is 11.5 Å². The molecule has 6 rings (SSSR count). The number of rotatable bonds is 3. The third-order valence-electron chi connectivity index (χ3n) is 6.95. The van der Waals surface area contributed by atoms with Crippen LogP contribution in [0.4, 0.5) is 5.95 Å². The van der Waals surface area contributed by atoms with Gasteiger partial charge in [0.1, 0.15) is 5.03 Å². The quantitative estimate of drug-likeness (QED) is 0.381. The highest BCUT2D eigenvalue weighted by Crippen LogP contribution is 2.50. The molecule has 1 saturated heterocycles. The molecule has 1 aliphatic carbocycles. The van der Waals surface area contributed by atoms with E-state index in [1.807, 2.05) is 12.1 Å². The van der Waals surface area contributed by atoms with Crippen molar-refractivity contribution in [1.29, 1.82) is 0 Å². The van der Waals surface area contributed by atoms with Gasteiger partial charge >= 0.3 is 0 Å². The predicted octanol–water partition coefficient (Wildman–Crippen LogP) is 5.65.